The highest BCUT2D eigenvalue weighted by atomic mass is 32.1. The van der Waals surface area contributed by atoms with Gasteiger partial charge in [-0.2, -0.15) is 4.98 Å². The summed E-state index contributed by atoms with van der Waals surface area (Å²) in [6, 6.07) is 12.0. The number of hydrogen-bond acceptors (Lipinski definition) is 10. The minimum Gasteiger partial charge on any atom is -0.378 e. The number of nitrogens with one attached hydrogen (secondary N) is 1. The molecule has 9 nitrogen and oxygen atoms in total. The third-order valence-electron chi connectivity index (χ3n) is 4.77. The molecule has 4 heterocycles. The average molecular weight is 433 g/mol. The summed E-state index contributed by atoms with van der Waals surface area (Å²) in [6.07, 6.45) is 5.18. The molecule has 0 bridgehead atoms. The second-order valence-corrected chi connectivity index (χ2v) is 7.92. The Hall–Kier alpha value is -3.63. The number of benzene rings is 1. The van der Waals surface area contributed by atoms with Gasteiger partial charge in [-0.1, -0.05) is 41.7 Å². The largest absolute Gasteiger partial charge is 0.378 e. The minimum atomic E-state index is 0.223. The van der Waals surface area contributed by atoms with E-state index in [2.05, 4.69) is 37.3 Å². The zero-order valence-corrected chi connectivity index (χ0v) is 17.4. The molecular formula is C21H20N8OS. The van der Waals surface area contributed by atoms with Gasteiger partial charge in [0.05, 0.1) is 23.8 Å². The van der Waals surface area contributed by atoms with E-state index in [1.54, 1.807) is 23.7 Å². The maximum Gasteiger partial charge on any atom is 0.228 e. The topological polar surface area (TPSA) is 115 Å². The first kappa shape index (κ1) is 19.3. The lowest BCUT2D eigenvalue weighted by Gasteiger charge is -2.27. The molecule has 3 N–H and O–H groups in total. The van der Waals surface area contributed by atoms with E-state index in [0.29, 0.717) is 30.7 Å². The Balaban J connectivity index is 1.47. The number of nitrogens with two attached hydrogens (primary N) is 1. The summed E-state index contributed by atoms with van der Waals surface area (Å²) in [6.45, 7) is 2.76. The Labute approximate surface area is 183 Å². The van der Waals surface area contributed by atoms with Crippen LogP contribution in [0.1, 0.15) is 0 Å². The highest BCUT2D eigenvalue weighted by molar-refractivity contribution is 7.18. The molecule has 1 aromatic carbocycles. The van der Waals surface area contributed by atoms with Gasteiger partial charge in [0.25, 0.3) is 0 Å². The third-order valence-corrected chi connectivity index (χ3v) is 5.74. The number of ether oxygens (including phenoxy) is 1. The summed E-state index contributed by atoms with van der Waals surface area (Å²) in [5.41, 5.74) is 8.24. The van der Waals surface area contributed by atoms with E-state index in [1.807, 2.05) is 30.5 Å². The van der Waals surface area contributed by atoms with Crippen molar-refractivity contribution in [2.75, 3.05) is 42.3 Å². The first-order valence-electron chi connectivity index (χ1n) is 9.82. The number of thiazole rings is 1. The van der Waals surface area contributed by atoms with Gasteiger partial charge in [-0.05, 0) is 5.56 Å². The van der Waals surface area contributed by atoms with Crippen LogP contribution in [0.15, 0.2) is 55.0 Å². The first-order chi connectivity index (χ1) is 15.2. The van der Waals surface area contributed by atoms with Crippen LogP contribution in [0.5, 0.6) is 0 Å². The van der Waals surface area contributed by atoms with Crippen LogP contribution >= 0.6 is 11.3 Å². The van der Waals surface area contributed by atoms with E-state index in [1.165, 1.54) is 0 Å². The number of nitrogen functional groups attached to an aromatic ring is 1. The highest BCUT2D eigenvalue weighted by Gasteiger charge is 2.17. The molecule has 5 rings (SSSR count). The fraction of sp³-hybridized carbons (Fsp3) is 0.190. The molecule has 0 saturated carbocycles. The maximum atomic E-state index is 5.64. The molecular weight excluding hydrogens is 412 g/mol. The SMILES string of the molecule is Nc1ncc(-c2cc(Nc3ncc(-c4ccccc4)s3)nc(N3CCOCC3)n2)cn1. The van der Waals surface area contributed by atoms with E-state index >= 15 is 0 Å². The summed E-state index contributed by atoms with van der Waals surface area (Å²) in [7, 11) is 0. The normalized spacial score (nSPS) is 13.9. The molecule has 1 aliphatic heterocycles. The van der Waals surface area contributed by atoms with Crippen molar-refractivity contribution in [3.8, 4) is 21.7 Å². The zero-order valence-electron chi connectivity index (χ0n) is 16.6. The van der Waals surface area contributed by atoms with Crippen LogP contribution in [0.2, 0.25) is 0 Å². The summed E-state index contributed by atoms with van der Waals surface area (Å²) >= 11 is 1.57. The van der Waals surface area contributed by atoms with Crippen LogP contribution in [0.3, 0.4) is 0 Å². The molecule has 1 aliphatic rings. The van der Waals surface area contributed by atoms with Crippen LogP contribution < -0.4 is 16.0 Å². The Morgan fingerprint density at radius 3 is 2.48 bits per heavy atom. The zero-order chi connectivity index (χ0) is 21.0. The van der Waals surface area contributed by atoms with E-state index < -0.39 is 0 Å². The molecule has 1 saturated heterocycles. The lowest BCUT2D eigenvalue weighted by atomic mass is 10.2. The first-order valence-corrected chi connectivity index (χ1v) is 10.6. The van der Waals surface area contributed by atoms with E-state index in [0.717, 1.165) is 34.2 Å². The smallest absolute Gasteiger partial charge is 0.228 e. The summed E-state index contributed by atoms with van der Waals surface area (Å²) in [5, 5.41) is 4.08. The summed E-state index contributed by atoms with van der Waals surface area (Å²) < 4.78 is 5.46. The summed E-state index contributed by atoms with van der Waals surface area (Å²) in [4.78, 5) is 25.3. The molecule has 0 spiro atoms. The van der Waals surface area contributed by atoms with Gasteiger partial charge < -0.3 is 20.7 Å². The number of nitrogens with zero attached hydrogens (tertiary/aromatic N) is 6. The molecule has 1 fully saturated rings. The Bertz CT molecular complexity index is 1160. The van der Waals surface area contributed by atoms with Crippen molar-refractivity contribution in [2.24, 2.45) is 0 Å². The molecule has 0 atom stereocenters. The molecule has 0 radical (unpaired) electrons. The molecule has 10 heteroatoms. The number of anilines is 4. The van der Waals surface area contributed by atoms with Gasteiger partial charge in [0.2, 0.25) is 11.9 Å². The van der Waals surface area contributed by atoms with Crippen molar-refractivity contribution in [1.29, 1.82) is 0 Å². The van der Waals surface area contributed by atoms with Crippen molar-refractivity contribution in [2.45, 2.75) is 0 Å². The number of morpholine rings is 1. The van der Waals surface area contributed by atoms with Gasteiger partial charge in [-0.25, -0.2) is 19.9 Å². The number of hydrogen-bond donors (Lipinski definition) is 2. The molecule has 0 aliphatic carbocycles. The lowest BCUT2D eigenvalue weighted by Crippen LogP contribution is -2.37. The number of rotatable bonds is 5. The molecule has 4 aromatic rings. The minimum absolute atomic E-state index is 0.223. The van der Waals surface area contributed by atoms with Crippen LogP contribution in [0.25, 0.3) is 21.7 Å². The Morgan fingerprint density at radius 1 is 0.935 bits per heavy atom. The van der Waals surface area contributed by atoms with E-state index in [4.69, 9.17) is 20.4 Å². The second kappa shape index (κ2) is 8.62. The third kappa shape index (κ3) is 4.44. The summed E-state index contributed by atoms with van der Waals surface area (Å²) in [5.74, 6) is 1.50. The second-order valence-electron chi connectivity index (χ2n) is 6.89. The van der Waals surface area contributed by atoms with Crippen LogP contribution in [0.4, 0.5) is 22.8 Å². The fourth-order valence-electron chi connectivity index (χ4n) is 3.20. The van der Waals surface area contributed by atoms with Gasteiger partial charge in [0, 0.05) is 43.3 Å². The van der Waals surface area contributed by atoms with Gasteiger partial charge in [0.1, 0.15) is 5.82 Å². The van der Waals surface area contributed by atoms with E-state index in [9.17, 15) is 0 Å². The van der Waals surface area contributed by atoms with Crippen LogP contribution in [0, 0.1) is 0 Å². The molecule has 156 valence electrons. The maximum absolute atomic E-state index is 5.64. The monoisotopic (exact) mass is 432 g/mol. The van der Waals surface area contributed by atoms with Crippen molar-refractivity contribution in [3.63, 3.8) is 0 Å². The fourth-order valence-corrected chi connectivity index (χ4v) is 4.03. The van der Waals surface area contributed by atoms with Gasteiger partial charge in [-0.3, -0.25) is 0 Å². The van der Waals surface area contributed by atoms with Gasteiger partial charge in [0.15, 0.2) is 5.13 Å². The average Bonchev–Trinajstić information content (AvgIpc) is 3.29. The molecule has 0 amide bonds. The van der Waals surface area contributed by atoms with Crippen molar-refractivity contribution >= 4 is 34.2 Å². The van der Waals surface area contributed by atoms with Crippen LogP contribution in [-0.4, -0.2) is 51.2 Å². The Morgan fingerprint density at radius 2 is 1.71 bits per heavy atom. The molecule has 31 heavy (non-hydrogen) atoms. The van der Waals surface area contributed by atoms with Crippen molar-refractivity contribution in [1.82, 2.24) is 24.9 Å². The highest BCUT2D eigenvalue weighted by Crippen LogP contribution is 2.31. The van der Waals surface area contributed by atoms with Gasteiger partial charge in [-0.15, -0.1) is 0 Å². The quantitative estimate of drug-likeness (QED) is 0.490. The van der Waals surface area contributed by atoms with Crippen molar-refractivity contribution in [3.05, 3.63) is 55.0 Å². The van der Waals surface area contributed by atoms with Gasteiger partial charge >= 0.3 is 0 Å². The lowest BCUT2D eigenvalue weighted by molar-refractivity contribution is 0.122. The Kier molecular flexibility index (Phi) is 5.38. The standard InChI is InChI=1S/C21H20N8OS/c22-19-23-11-15(12-24-19)16-10-18(27-20(26-16)29-6-8-30-9-7-29)28-21-25-13-17(31-21)14-4-2-1-3-5-14/h1-5,10-13H,6-9H2,(H2,22,23,24)(H,25,26,27,28). The van der Waals surface area contributed by atoms with Crippen LogP contribution in [-0.2, 0) is 4.74 Å². The molecule has 0 unspecified atom stereocenters. The van der Waals surface area contributed by atoms with E-state index in [-0.39, 0.29) is 5.95 Å². The predicted octanol–water partition coefficient (Wildman–Crippen LogP) is 3.22. The number of aromatic nitrogens is 5. The molecule has 3 aromatic heterocycles. The predicted molar refractivity (Wildman–Crippen MR) is 121 cm³/mol. The van der Waals surface area contributed by atoms with Crippen molar-refractivity contribution < 1.29 is 4.74 Å².